The molecule has 0 aromatic heterocycles. The van der Waals surface area contributed by atoms with E-state index in [1.54, 1.807) is 7.05 Å². The van der Waals surface area contributed by atoms with Crippen LogP contribution in [0.1, 0.15) is 18.4 Å². The summed E-state index contributed by atoms with van der Waals surface area (Å²) in [5.41, 5.74) is 0.282. The van der Waals surface area contributed by atoms with Gasteiger partial charge in [-0.05, 0) is 36.5 Å². The molecular formula is C13H14ClN3O. The number of carbonyl (C=O) groups is 1. The molecule has 3 rings (SSSR count). The molecule has 1 atom stereocenters. The first-order chi connectivity index (χ1) is 8.66. The molecule has 1 aromatic carbocycles. The summed E-state index contributed by atoms with van der Waals surface area (Å²) in [5, 5.41) is 6.72. The number of guanidine groups is 1. The van der Waals surface area contributed by atoms with Gasteiger partial charge in [-0.25, -0.2) is 0 Å². The van der Waals surface area contributed by atoms with E-state index in [4.69, 9.17) is 11.6 Å². The van der Waals surface area contributed by atoms with E-state index in [0.717, 1.165) is 18.4 Å². The summed E-state index contributed by atoms with van der Waals surface area (Å²) in [6.45, 7) is 0. The van der Waals surface area contributed by atoms with Gasteiger partial charge >= 0.3 is 0 Å². The average Bonchev–Trinajstić information content (AvgIpc) is 3.16. The van der Waals surface area contributed by atoms with Crippen molar-refractivity contribution in [3.8, 4) is 0 Å². The van der Waals surface area contributed by atoms with Crippen molar-refractivity contribution < 1.29 is 4.79 Å². The van der Waals surface area contributed by atoms with Crippen LogP contribution in [0.25, 0.3) is 0 Å². The summed E-state index contributed by atoms with van der Waals surface area (Å²) >= 11 is 5.91. The molecule has 1 amide bonds. The van der Waals surface area contributed by atoms with Crippen molar-refractivity contribution in [2.24, 2.45) is 10.9 Å². The SMILES string of the molecule is CN=C1NC(=O)C(c2ccc(Cl)cc2)(C2CC2)N1. The van der Waals surface area contributed by atoms with E-state index in [0.29, 0.717) is 16.9 Å². The molecule has 2 aliphatic rings. The fourth-order valence-corrected chi connectivity index (χ4v) is 2.67. The highest BCUT2D eigenvalue weighted by molar-refractivity contribution is 6.30. The molecule has 1 aliphatic heterocycles. The summed E-state index contributed by atoms with van der Waals surface area (Å²) in [5.74, 6) is 0.854. The second-order valence-electron chi connectivity index (χ2n) is 4.74. The lowest BCUT2D eigenvalue weighted by Crippen LogP contribution is -2.46. The number of nitrogens with zero attached hydrogens (tertiary/aromatic N) is 1. The summed E-state index contributed by atoms with van der Waals surface area (Å²) in [6.07, 6.45) is 2.11. The minimum Gasteiger partial charge on any atom is -0.338 e. The second kappa shape index (κ2) is 3.99. The van der Waals surface area contributed by atoms with E-state index in [1.165, 1.54) is 0 Å². The van der Waals surface area contributed by atoms with Gasteiger partial charge in [-0.2, -0.15) is 0 Å². The molecule has 5 heteroatoms. The maximum Gasteiger partial charge on any atom is 0.257 e. The Kier molecular flexibility index (Phi) is 2.55. The number of carbonyl (C=O) groups excluding carboxylic acids is 1. The fourth-order valence-electron chi connectivity index (χ4n) is 2.55. The monoisotopic (exact) mass is 263 g/mol. The first-order valence-corrected chi connectivity index (χ1v) is 6.37. The standard InChI is InChI=1S/C13H14ClN3O/c1-15-12-16-11(18)13(17-12,8-2-3-8)9-4-6-10(14)7-5-9/h4-8H,2-3H2,1H3,(H2,15,16,17,18). The van der Waals surface area contributed by atoms with E-state index in [1.807, 2.05) is 24.3 Å². The molecule has 0 spiro atoms. The van der Waals surface area contributed by atoms with Gasteiger partial charge in [0.2, 0.25) is 0 Å². The van der Waals surface area contributed by atoms with Crippen molar-refractivity contribution in [2.75, 3.05) is 7.05 Å². The summed E-state index contributed by atoms with van der Waals surface area (Å²) in [4.78, 5) is 16.4. The van der Waals surface area contributed by atoms with Crippen LogP contribution in [-0.4, -0.2) is 18.9 Å². The van der Waals surface area contributed by atoms with E-state index >= 15 is 0 Å². The molecule has 1 aliphatic carbocycles. The molecule has 0 bridgehead atoms. The highest BCUT2D eigenvalue weighted by atomic mass is 35.5. The zero-order valence-electron chi connectivity index (χ0n) is 10.0. The van der Waals surface area contributed by atoms with Crippen molar-refractivity contribution in [3.63, 3.8) is 0 Å². The van der Waals surface area contributed by atoms with E-state index < -0.39 is 5.54 Å². The number of rotatable bonds is 2. The predicted molar refractivity (Wildman–Crippen MR) is 70.5 cm³/mol. The summed E-state index contributed by atoms with van der Waals surface area (Å²) in [7, 11) is 1.66. The third-order valence-corrected chi connectivity index (χ3v) is 3.87. The molecule has 18 heavy (non-hydrogen) atoms. The van der Waals surface area contributed by atoms with Crippen LogP contribution in [0.3, 0.4) is 0 Å². The van der Waals surface area contributed by atoms with E-state index in [-0.39, 0.29) is 5.91 Å². The summed E-state index contributed by atoms with van der Waals surface area (Å²) in [6, 6.07) is 7.45. The smallest absolute Gasteiger partial charge is 0.257 e. The fraction of sp³-hybridized carbons (Fsp3) is 0.385. The quantitative estimate of drug-likeness (QED) is 0.853. The Balaban J connectivity index is 2.07. The van der Waals surface area contributed by atoms with Gasteiger partial charge in [0.1, 0.15) is 5.54 Å². The van der Waals surface area contributed by atoms with Gasteiger partial charge in [0.05, 0.1) is 0 Å². The van der Waals surface area contributed by atoms with Gasteiger partial charge in [-0.3, -0.25) is 15.1 Å². The lowest BCUT2D eigenvalue weighted by Gasteiger charge is -2.27. The number of amides is 1. The van der Waals surface area contributed by atoms with Crippen LogP contribution in [0.5, 0.6) is 0 Å². The number of hydrogen-bond donors (Lipinski definition) is 2. The van der Waals surface area contributed by atoms with Crippen molar-refractivity contribution in [2.45, 2.75) is 18.4 Å². The normalized spacial score (nSPS) is 29.2. The van der Waals surface area contributed by atoms with Gasteiger partial charge in [0.15, 0.2) is 5.96 Å². The Labute approximate surface area is 110 Å². The highest BCUT2D eigenvalue weighted by Gasteiger charge is 2.56. The molecule has 1 saturated carbocycles. The second-order valence-corrected chi connectivity index (χ2v) is 5.18. The van der Waals surface area contributed by atoms with Crippen molar-refractivity contribution in [1.29, 1.82) is 0 Å². The van der Waals surface area contributed by atoms with Crippen LogP contribution in [-0.2, 0) is 10.3 Å². The molecule has 4 nitrogen and oxygen atoms in total. The first kappa shape index (κ1) is 11.5. The van der Waals surface area contributed by atoms with E-state index in [9.17, 15) is 4.79 Å². The Bertz CT molecular complexity index is 522. The summed E-state index contributed by atoms with van der Waals surface area (Å²) < 4.78 is 0. The number of hydrogen-bond acceptors (Lipinski definition) is 2. The lowest BCUT2D eigenvalue weighted by molar-refractivity contribution is -0.125. The highest BCUT2D eigenvalue weighted by Crippen LogP contribution is 2.47. The van der Waals surface area contributed by atoms with Gasteiger partial charge in [0, 0.05) is 12.1 Å². The van der Waals surface area contributed by atoms with Crippen LogP contribution in [0.4, 0.5) is 0 Å². The topological polar surface area (TPSA) is 53.5 Å². The van der Waals surface area contributed by atoms with Gasteiger partial charge < -0.3 is 5.32 Å². The largest absolute Gasteiger partial charge is 0.338 e. The number of nitrogens with one attached hydrogen (secondary N) is 2. The zero-order chi connectivity index (χ0) is 12.8. The third-order valence-electron chi connectivity index (χ3n) is 3.62. The minimum absolute atomic E-state index is 0.0204. The maximum absolute atomic E-state index is 12.3. The number of benzene rings is 1. The maximum atomic E-state index is 12.3. The molecule has 2 fully saturated rings. The van der Waals surface area contributed by atoms with Crippen LogP contribution >= 0.6 is 11.6 Å². The van der Waals surface area contributed by atoms with Crippen molar-refractivity contribution in [3.05, 3.63) is 34.9 Å². The van der Waals surface area contributed by atoms with Crippen LogP contribution in [0.2, 0.25) is 5.02 Å². The van der Waals surface area contributed by atoms with Gasteiger partial charge in [-0.1, -0.05) is 23.7 Å². The zero-order valence-corrected chi connectivity index (χ0v) is 10.8. The number of halogens is 1. The minimum atomic E-state index is -0.667. The first-order valence-electron chi connectivity index (χ1n) is 5.99. The Morgan fingerprint density at radius 3 is 2.50 bits per heavy atom. The molecule has 0 radical (unpaired) electrons. The van der Waals surface area contributed by atoms with Gasteiger partial charge in [-0.15, -0.1) is 0 Å². The van der Waals surface area contributed by atoms with E-state index in [2.05, 4.69) is 15.6 Å². The molecular weight excluding hydrogens is 250 g/mol. The lowest BCUT2D eigenvalue weighted by atomic mass is 9.85. The Hall–Kier alpha value is -1.55. The van der Waals surface area contributed by atoms with Crippen molar-refractivity contribution in [1.82, 2.24) is 10.6 Å². The van der Waals surface area contributed by atoms with Crippen LogP contribution < -0.4 is 10.6 Å². The number of aliphatic imine (C=N–C) groups is 1. The predicted octanol–water partition coefficient (Wildman–Crippen LogP) is 1.65. The Morgan fingerprint density at radius 1 is 1.33 bits per heavy atom. The molecule has 1 aromatic rings. The molecule has 1 unspecified atom stereocenters. The molecule has 94 valence electrons. The van der Waals surface area contributed by atoms with Crippen molar-refractivity contribution >= 4 is 23.5 Å². The molecule has 1 saturated heterocycles. The van der Waals surface area contributed by atoms with Crippen LogP contribution in [0, 0.1) is 5.92 Å². The molecule has 1 heterocycles. The van der Waals surface area contributed by atoms with Gasteiger partial charge in [0.25, 0.3) is 5.91 Å². The third kappa shape index (κ3) is 1.60. The Morgan fingerprint density at radius 2 is 2.00 bits per heavy atom. The molecule has 2 N–H and O–H groups in total. The van der Waals surface area contributed by atoms with Crippen LogP contribution in [0.15, 0.2) is 29.3 Å². The average molecular weight is 264 g/mol.